The first-order valence-corrected chi connectivity index (χ1v) is 5.04. The zero-order chi connectivity index (χ0) is 10.3. The van der Waals surface area contributed by atoms with Crippen LogP contribution in [0.5, 0.6) is 0 Å². The highest BCUT2D eigenvalue weighted by Gasteiger charge is 2.32. The molecule has 0 bridgehead atoms. The van der Waals surface area contributed by atoms with Crippen LogP contribution in [0.2, 0.25) is 10.0 Å². The molecule has 0 spiro atoms. The highest BCUT2D eigenvalue weighted by Crippen LogP contribution is 2.35. The minimum absolute atomic E-state index is 0.0353. The van der Waals surface area contributed by atoms with Gasteiger partial charge in [0.15, 0.2) is 5.78 Å². The Kier molecular flexibility index (Phi) is 2.50. The fraction of sp³-hybridized carbons (Fsp3) is 0.300. The van der Waals surface area contributed by atoms with Gasteiger partial charge < -0.3 is 0 Å². The molecule has 0 saturated heterocycles. The van der Waals surface area contributed by atoms with Crippen LogP contribution in [0.25, 0.3) is 0 Å². The first-order chi connectivity index (χ1) is 6.59. The second-order valence-electron chi connectivity index (χ2n) is 3.38. The Labute approximate surface area is 90.8 Å². The third kappa shape index (κ3) is 1.77. The quantitative estimate of drug-likeness (QED) is 0.561. The molecule has 1 saturated carbocycles. The van der Waals surface area contributed by atoms with Gasteiger partial charge >= 0.3 is 0 Å². The summed E-state index contributed by atoms with van der Waals surface area (Å²) < 4.78 is 13.1. The van der Waals surface area contributed by atoms with Crippen LogP contribution in [0.1, 0.15) is 23.2 Å². The molecule has 1 aliphatic carbocycles. The SMILES string of the molecule is O=C(c1cc(F)c(Cl)cc1Cl)C1CC1. The predicted octanol–water partition coefficient (Wildman–Crippen LogP) is 3.73. The maximum Gasteiger partial charge on any atom is 0.167 e. The predicted molar refractivity (Wildman–Crippen MR) is 53.5 cm³/mol. The standard InChI is InChI=1S/C10H7Cl2FO/c11-7-4-8(12)9(13)3-6(7)10(14)5-1-2-5/h3-5H,1-2H2. The second kappa shape index (κ2) is 3.52. The molecule has 1 fully saturated rings. The van der Waals surface area contributed by atoms with Crippen molar-refractivity contribution in [2.75, 3.05) is 0 Å². The van der Waals surface area contributed by atoms with Crippen molar-refractivity contribution in [1.82, 2.24) is 0 Å². The summed E-state index contributed by atoms with van der Waals surface area (Å²) in [6.07, 6.45) is 1.75. The number of benzene rings is 1. The third-order valence-corrected chi connectivity index (χ3v) is 2.83. The molecule has 0 heterocycles. The van der Waals surface area contributed by atoms with Gasteiger partial charge in [-0.25, -0.2) is 4.39 Å². The average Bonchev–Trinajstić information content (AvgIpc) is 2.93. The zero-order valence-corrected chi connectivity index (χ0v) is 8.70. The van der Waals surface area contributed by atoms with E-state index in [-0.39, 0.29) is 27.3 Å². The number of carbonyl (C=O) groups is 1. The molecule has 0 aliphatic heterocycles. The van der Waals surface area contributed by atoms with Crippen LogP contribution in [0.3, 0.4) is 0 Å². The van der Waals surface area contributed by atoms with Crippen molar-refractivity contribution in [2.45, 2.75) is 12.8 Å². The molecule has 0 aromatic heterocycles. The van der Waals surface area contributed by atoms with E-state index in [1.807, 2.05) is 0 Å². The number of hydrogen-bond acceptors (Lipinski definition) is 1. The van der Waals surface area contributed by atoms with E-state index < -0.39 is 5.82 Å². The Morgan fingerprint density at radius 1 is 1.29 bits per heavy atom. The highest BCUT2D eigenvalue weighted by atomic mass is 35.5. The van der Waals surface area contributed by atoms with Crippen molar-refractivity contribution < 1.29 is 9.18 Å². The Hall–Kier alpha value is -0.600. The molecule has 2 rings (SSSR count). The van der Waals surface area contributed by atoms with Gasteiger partial charge in [0.1, 0.15) is 5.82 Å². The third-order valence-electron chi connectivity index (χ3n) is 2.22. The number of carbonyl (C=O) groups excluding carboxylic acids is 1. The maximum absolute atomic E-state index is 13.1. The summed E-state index contributed by atoms with van der Waals surface area (Å²) in [6.45, 7) is 0. The maximum atomic E-state index is 13.1. The first-order valence-electron chi connectivity index (χ1n) is 4.28. The molecule has 0 unspecified atom stereocenters. The van der Waals surface area contributed by atoms with Gasteiger partial charge in [-0.15, -0.1) is 0 Å². The van der Waals surface area contributed by atoms with Crippen LogP contribution in [-0.2, 0) is 0 Å². The van der Waals surface area contributed by atoms with Crippen molar-refractivity contribution in [3.05, 3.63) is 33.6 Å². The van der Waals surface area contributed by atoms with E-state index in [1.54, 1.807) is 0 Å². The summed E-state index contributed by atoms with van der Waals surface area (Å²) in [6, 6.07) is 2.39. The topological polar surface area (TPSA) is 17.1 Å². The van der Waals surface area contributed by atoms with E-state index >= 15 is 0 Å². The molecular formula is C10H7Cl2FO. The number of rotatable bonds is 2. The van der Waals surface area contributed by atoms with Crippen LogP contribution >= 0.6 is 23.2 Å². The van der Waals surface area contributed by atoms with Crippen molar-refractivity contribution in [3.8, 4) is 0 Å². The lowest BCUT2D eigenvalue weighted by atomic mass is 10.1. The summed E-state index contributed by atoms with van der Waals surface area (Å²) in [5.74, 6) is -0.640. The van der Waals surface area contributed by atoms with Gasteiger partial charge in [0.05, 0.1) is 10.0 Å². The molecule has 0 amide bonds. The minimum atomic E-state index is -0.597. The number of Topliss-reactive ketones (excluding diaryl/α,β-unsaturated/α-hetero) is 1. The summed E-state index contributed by atoms with van der Waals surface area (Å²) in [7, 11) is 0. The number of halogens is 3. The van der Waals surface area contributed by atoms with Gasteiger partial charge in [0.25, 0.3) is 0 Å². The first kappa shape index (κ1) is 9.94. The molecule has 0 atom stereocenters. The molecule has 74 valence electrons. The minimum Gasteiger partial charge on any atom is -0.294 e. The fourth-order valence-corrected chi connectivity index (χ4v) is 1.75. The van der Waals surface area contributed by atoms with E-state index in [4.69, 9.17) is 23.2 Å². The summed E-state index contributed by atoms with van der Waals surface area (Å²) >= 11 is 11.3. The Bertz CT molecular complexity index is 399. The fourth-order valence-electron chi connectivity index (χ4n) is 1.28. The Morgan fingerprint density at radius 3 is 2.50 bits per heavy atom. The van der Waals surface area contributed by atoms with Crippen LogP contribution in [0.15, 0.2) is 12.1 Å². The molecule has 4 heteroatoms. The van der Waals surface area contributed by atoms with Crippen LogP contribution < -0.4 is 0 Å². The van der Waals surface area contributed by atoms with E-state index in [9.17, 15) is 9.18 Å². The molecule has 1 aromatic rings. The van der Waals surface area contributed by atoms with Crippen molar-refractivity contribution in [2.24, 2.45) is 5.92 Å². The zero-order valence-electron chi connectivity index (χ0n) is 7.19. The monoisotopic (exact) mass is 232 g/mol. The molecule has 1 aromatic carbocycles. The largest absolute Gasteiger partial charge is 0.294 e. The molecule has 0 radical (unpaired) electrons. The van der Waals surface area contributed by atoms with Crippen molar-refractivity contribution in [1.29, 1.82) is 0 Å². The second-order valence-corrected chi connectivity index (χ2v) is 4.20. The lowest BCUT2D eigenvalue weighted by molar-refractivity contribution is 0.0967. The van der Waals surface area contributed by atoms with E-state index in [1.165, 1.54) is 6.07 Å². The lowest BCUT2D eigenvalue weighted by Gasteiger charge is -2.03. The van der Waals surface area contributed by atoms with Gasteiger partial charge in [-0.05, 0) is 25.0 Å². The van der Waals surface area contributed by atoms with Gasteiger partial charge in [-0.3, -0.25) is 4.79 Å². The Morgan fingerprint density at radius 2 is 1.93 bits per heavy atom. The number of hydrogen-bond donors (Lipinski definition) is 0. The van der Waals surface area contributed by atoms with Crippen LogP contribution in [0.4, 0.5) is 4.39 Å². The smallest absolute Gasteiger partial charge is 0.167 e. The van der Waals surface area contributed by atoms with E-state index in [0.717, 1.165) is 18.9 Å². The van der Waals surface area contributed by atoms with Gasteiger partial charge in [-0.2, -0.15) is 0 Å². The van der Waals surface area contributed by atoms with Crippen LogP contribution in [-0.4, -0.2) is 5.78 Å². The normalized spacial score (nSPS) is 15.6. The van der Waals surface area contributed by atoms with Gasteiger partial charge in [-0.1, -0.05) is 23.2 Å². The summed E-state index contributed by atoms with van der Waals surface area (Å²) in [5.41, 5.74) is 0.246. The average molecular weight is 233 g/mol. The van der Waals surface area contributed by atoms with Crippen molar-refractivity contribution >= 4 is 29.0 Å². The Balaban J connectivity index is 2.41. The molecule has 14 heavy (non-hydrogen) atoms. The summed E-state index contributed by atoms with van der Waals surface area (Å²) in [5, 5.41) is 0.177. The highest BCUT2D eigenvalue weighted by molar-refractivity contribution is 6.37. The van der Waals surface area contributed by atoms with Crippen LogP contribution in [0, 0.1) is 11.7 Å². The van der Waals surface area contributed by atoms with Gasteiger partial charge in [0.2, 0.25) is 0 Å². The van der Waals surface area contributed by atoms with E-state index in [2.05, 4.69) is 0 Å². The molecule has 1 nitrogen and oxygen atoms in total. The molecule has 0 N–H and O–H groups in total. The number of ketones is 1. The van der Waals surface area contributed by atoms with Crippen molar-refractivity contribution in [3.63, 3.8) is 0 Å². The summed E-state index contributed by atoms with van der Waals surface area (Å²) in [4.78, 5) is 11.6. The van der Waals surface area contributed by atoms with Gasteiger partial charge in [0, 0.05) is 11.5 Å². The molecule has 1 aliphatic rings. The van der Waals surface area contributed by atoms with E-state index in [0.29, 0.717) is 0 Å². The lowest BCUT2D eigenvalue weighted by Crippen LogP contribution is -2.03. The molecular weight excluding hydrogens is 226 g/mol.